The molecule has 3 heterocycles. The lowest BCUT2D eigenvalue weighted by Gasteiger charge is -2.27. The maximum atomic E-state index is 4.67. The molecular formula is C19H21N3. The van der Waals surface area contributed by atoms with Gasteiger partial charge in [0.1, 0.15) is 0 Å². The molecule has 1 saturated heterocycles. The minimum atomic E-state index is 0.250. The molecule has 2 aromatic heterocycles. The number of para-hydroxylation sites is 1. The Morgan fingerprint density at radius 1 is 1.05 bits per heavy atom. The van der Waals surface area contributed by atoms with E-state index in [1.807, 2.05) is 12.3 Å². The fraction of sp³-hybridized carbons (Fsp3) is 0.316. The van der Waals surface area contributed by atoms with Crippen molar-refractivity contribution in [1.29, 1.82) is 0 Å². The van der Waals surface area contributed by atoms with E-state index in [0.717, 1.165) is 18.8 Å². The van der Waals surface area contributed by atoms with Crippen molar-refractivity contribution in [2.24, 2.45) is 0 Å². The second-order valence-corrected chi connectivity index (χ2v) is 6.11. The molecule has 1 atom stereocenters. The molecule has 0 unspecified atom stereocenters. The summed E-state index contributed by atoms with van der Waals surface area (Å²) in [4.78, 5) is 10.8. The molecule has 3 heteroatoms. The van der Waals surface area contributed by atoms with Crippen LogP contribution in [0, 0.1) is 6.92 Å². The van der Waals surface area contributed by atoms with E-state index >= 15 is 0 Å². The first-order valence-electron chi connectivity index (χ1n) is 8.07. The first-order chi connectivity index (χ1) is 10.8. The molecule has 1 aliphatic heterocycles. The van der Waals surface area contributed by atoms with Crippen molar-refractivity contribution in [2.45, 2.75) is 25.8 Å². The van der Waals surface area contributed by atoms with Gasteiger partial charge >= 0.3 is 0 Å². The van der Waals surface area contributed by atoms with Gasteiger partial charge in [0.15, 0.2) is 0 Å². The quantitative estimate of drug-likeness (QED) is 0.789. The topological polar surface area (TPSA) is 31.9 Å². The van der Waals surface area contributed by atoms with E-state index in [1.54, 1.807) is 0 Å². The minimum absolute atomic E-state index is 0.250. The van der Waals surface area contributed by atoms with Gasteiger partial charge in [-0.25, -0.2) is 0 Å². The van der Waals surface area contributed by atoms with E-state index in [4.69, 9.17) is 0 Å². The van der Waals surface area contributed by atoms with Crippen molar-refractivity contribution < 1.29 is 0 Å². The number of pyridine rings is 1. The first kappa shape index (κ1) is 13.5. The fourth-order valence-electron chi connectivity index (χ4n) is 3.71. The van der Waals surface area contributed by atoms with Gasteiger partial charge in [0.25, 0.3) is 0 Å². The Morgan fingerprint density at radius 2 is 1.82 bits per heavy atom. The van der Waals surface area contributed by atoms with Crippen LogP contribution in [0.4, 0.5) is 0 Å². The molecule has 4 rings (SSSR count). The molecule has 0 radical (unpaired) electrons. The van der Waals surface area contributed by atoms with Crippen LogP contribution in [0.3, 0.4) is 0 Å². The molecule has 1 fully saturated rings. The van der Waals surface area contributed by atoms with Crippen LogP contribution in [0.1, 0.15) is 35.8 Å². The molecule has 0 spiro atoms. The van der Waals surface area contributed by atoms with Crippen molar-refractivity contribution in [1.82, 2.24) is 14.9 Å². The van der Waals surface area contributed by atoms with Crippen molar-refractivity contribution in [3.63, 3.8) is 0 Å². The highest BCUT2D eigenvalue weighted by atomic mass is 15.2. The summed E-state index contributed by atoms with van der Waals surface area (Å²) < 4.78 is 0. The number of H-pyrrole nitrogens is 1. The molecule has 1 N–H and O–H groups in total. The second kappa shape index (κ2) is 5.58. The summed E-state index contributed by atoms with van der Waals surface area (Å²) in [6, 6.07) is 15.1. The Morgan fingerprint density at radius 3 is 2.59 bits per heavy atom. The molecule has 0 amide bonds. The van der Waals surface area contributed by atoms with Gasteiger partial charge in [0.2, 0.25) is 0 Å². The van der Waals surface area contributed by atoms with Crippen LogP contribution in [-0.4, -0.2) is 28.0 Å². The lowest BCUT2D eigenvalue weighted by molar-refractivity contribution is 0.277. The SMILES string of the molecule is Cc1[nH]c2ccccc2c1[C@H](c1ccccn1)N1CCCC1. The van der Waals surface area contributed by atoms with E-state index in [-0.39, 0.29) is 6.04 Å². The van der Waals surface area contributed by atoms with Crippen molar-refractivity contribution in [2.75, 3.05) is 13.1 Å². The number of nitrogens with zero attached hydrogens (tertiary/aromatic N) is 2. The lowest BCUT2D eigenvalue weighted by Crippen LogP contribution is -2.27. The number of nitrogens with one attached hydrogen (secondary N) is 1. The zero-order valence-electron chi connectivity index (χ0n) is 12.9. The third-order valence-corrected chi connectivity index (χ3v) is 4.69. The van der Waals surface area contributed by atoms with E-state index in [2.05, 4.69) is 58.2 Å². The molecular weight excluding hydrogens is 270 g/mol. The number of aromatic nitrogens is 2. The van der Waals surface area contributed by atoms with E-state index in [1.165, 1.54) is 35.0 Å². The summed E-state index contributed by atoms with van der Waals surface area (Å²) in [5.74, 6) is 0. The zero-order chi connectivity index (χ0) is 14.9. The molecule has 0 aliphatic carbocycles. The Kier molecular flexibility index (Phi) is 3.43. The largest absolute Gasteiger partial charge is 0.358 e. The predicted octanol–water partition coefficient (Wildman–Crippen LogP) is 4.06. The van der Waals surface area contributed by atoms with Gasteiger partial charge in [0.05, 0.1) is 11.7 Å². The molecule has 3 aromatic rings. The Hall–Kier alpha value is -2.13. The third kappa shape index (κ3) is 2.22. The summed E-state index contributed by atoms with van der Waals surface area (Å²) in [6.07, 6.45) is 4.47. The molecule has 3 nitrogen and oxygen atoms in total. The summed E-state index contributed by atoms with van der Waals surface area (Å²) in [5.41, 5.74) is 5.01. The number of benzene rings is 1. The van der Waals surface area contributed by atoms with Crippen LogP contribution in [0.2, 0.25) is 0 Å². The summed E-state index contributed by atoms with van der Waals surface area (Å²) in [5, 5.41) is 1.32. The van der Waals surface area contributed by atoms with Crippen LogP contribution in [-0.2, 0) is 0 Å². The molecule has 112 valence electrons. The first-order valence-corrected chi connectivity index (χ1v) is 8.07. The van der Waals surface area contributed by atoms with Gasteiger partial charge in [-0.3, -0.25) is 9.88 Å². The Labute approximate surface area is 131 Å². The Balaban J connectivity index is 1.91. The standard InChI is InChI=1S/C19H21N3/c1-14-18(15-8-2-3-9-16(15)21-14)19(22-12-6-7-13-22)17-10-4-5-11-20-17/h2-5,8-11,19,21H,6-7,12-13H2,1H3/t19-/m0/s1. The molecule has 0 saturated carbocycles. The highest BCUT2D eigenvalue weighted by Crippen LogP contribution is 2.36. The zero-order valence-corrected chi connectivity index (χ0v) is 12.9. The monoisotopic (exact) mass is 291 g/mol. The number of hydrogen-bond donors (Lipinski definition) is 1. The number of aromatic amines is 1. The molecule has 1 aliphatic rings. The minimum Gasteiger partial charge on any atom is -0.358 e. The molecule has 1 aromatic carbocycles. The fourth-order valence-corrected chi connectivity index (χ4v) is 3.71. The number of rotatable bonds is 3. The maximum absolute atomic E-state index is 4.67. The van der Waals surface area contributed by atoms with Gasteiger partial charge < -0.3 is 4.98 Å². The lowest BCUT2D eigenvalue weighted by atomic mass is 9.98. The van der Waals surface area contributed by atoms with Crippen molar-refractivity contribution >= 4 is 10.9 Å². The smallest absolute Gasteiger partial charge is 0.0799 e. The second-order valence-electron chi connectivity index (χ2n) is 6.11. The predicted molar refractivity (Wildman–Crippen MR) is 89.9 cm³/mol. The van der Waals surface area contributed by atoms with Crippen LogP contribution in [0.15, 0.2) is 48.7 Å². The van der Waals surface area contributed by atoms with Crippen LogP contribution >= 0.6 is 0 Å². The molecule has 0 bridgehead atoms. The highest BCUT2D eigenvalue weighted by Gasteiger charge is 2.29. The summed E-state index contributed by atoms with van der Waals surface area (Å²) in [6.45, 7) is 4.49. The van der Waals surface area contributed by atoms with Gasteiger partial charge in [-0.2, -0.15) is 0 Å². The van der Waals surface area contributed by atoms with Crippen LogP contribution < -0.4 is 0 Å². The van der Waals surface area contributed by atoms with Gasteiger partial charge in [-0.05, 0) is 51.1 Å². The molecule has 22 heavy (non-hydrogen) atoms. The van der Waals surface area contributed by atoms with Crippen LogP contribution in [0.25, 0.3) is 10.9 Å². The van der Waals surface area contributed by atoms with E-state index in [0.29, 0.717) is 0 Å². The van der Waals surface area contributed by atoms with Crippen molar-refractivity contribution in [3.05, 3.63) is 65.6 Å². The number of hydrogen-bond acceptors (Lipinski definition) is 2. The summed E-state index contributed by atoms with van der Waals surface area (Å²) in [7, 11) is 0. The van der Waals surface area contributed by atoms with E-state index in [9.17, 15) is 0 Å². The van der Waals surface area contributed by atoms with Gasteiger partial charge in [-0.1, -0.05) is 24.3 Å². The van der Waals surface area contributed by atoms with Gasteiger partial charge in [0, 0.05) is 28.4 Å². The number of likely N-dealkylation sites (tertiary alicyclic amines) is 1. The third-order valence-electron chi connectivity index (χ3n) is 4.69. The average Bonchev–Trinajstić information content (AvgIpc) is 3.18. The number of aryl methyl sites for hydroxylation is 1. The normalized spacial score (nSPS) is 17.1. The Bertz CT molecular complexity index is 770. The average molecular weight is 291 g/mol. The number of fused-ring (bicyclic) bond motifs is 1. The summed E-state index contributed by atoms with van der Waals surface area (Å²) >= 11 is 0. The van der Waals surface area contributed by atoms with E-state index < -0.39 is 0 Å². The maximum Gasteiger partial charge on any atom is 0.0799 e. The highest BCUT2D eigenvalue weighted by molar-refractivity contribution is 5.85. The van der Waals surface area contributed by atoms with Crippen molar-refractivity contribution in [3.8, 4) is 0 Å². The van der Waals surface area contributed by atoms with Gasteiger partial charge in [-0.15, -0.1) is 0 Å². The van der Waals surface area contributed by atoms with Crippen LogP contribution in [0.5, 0.6) is 0 Å².